The lowest BCUT2D eigenvalue weighted by Gasteiger charge is -2.04. The molecule has 0 unspecified atom stereocenters. The summed E-state index contributed by atoms with van der Waals surface area (Å²) in [5.74, 6) is 0.861. The van der Waals surface area contributed by atoms with E-state index < -0.39 is 0 Å². The molecule has 0 fully saturated rings. The van der Waals surface area contributed by atoms with Crippen LogP contribution in [-0.2, 0) is 19.5 Å². The van der Waals surface area contributed by atoms with E-state index in [0.717, 1.165) is 18.7 Å². The molecule has 1 aromatic heterocycles. The number of halogens is 1. The first-order chi connectivity index (χ1) is 8.28. The lowest BCUT2D eigenvalue weighted by Crippen LogP contribution is -2.11. The summed E-state index contributed by atoms with van der Waals surface area (Å²) in [4.78, 5) is 0. The molecule has 0 amide bonds. The van der Waals surface area contributed by atoms with Crippen molar-refractivity contribution in [1.82, 2.24) is 5.32 Å². The average Bonchev–Trinajstić information content (AvgIpc) is 2.76. The second-order valence-electron chi connectivity index (χ2n) is 3.98. The van der Waals surface area contributed by atoms with Crippen LogP contribution in [0.5, 0.6) is 0 Å². The highest BCUT2D eigenvalue weighted by Gasteiger charge is 1.99. The fourth-order valence-corrected chi connectivity index (χ4v) is 1.83. The molecule has 3 heteroatoms. The van der Waals surface area contributed by atoms with Crippen molar-refractivity contribution >= 4 is 11.6 Å². The maximum Gasteiger partial charge on any atom is 0.193 e. The molecule has 17 heavy (non-hydrogen) atoms. The fourth-order valence-electron chi connectivity index (χ4n) is 1.67. The lowest BCUT2D eigenvalue weighted by atomic mass is 10.1. The van der Waals surface area contributed by atoms with Crippen LogP contribution in [0.2, 0.25) is 5.22 Å². The SMILES string of the molecule is CCc1ccc(CNCc2ccc(Cl)o2)cc1. The molecule has 1 heterocycles. The third-order valence-corrected chi connectivity index (χ3v) is 2.89. The molecule has 0 aliphatic heterocycles. The van der Waals surface area contributed by atoms with E-state index in [1.807, 2.05) is 6.07 Å². The van der Waals surface area contributed by atoms with Crippen molar-refractivity contribution in [3.05, 3.63) is 58.5 Å². The number of rotatable bonds is 5. The topological polar surface area (TPSA) is 25.2 Å². The molecule has 2 rings (SSSR count). The quantitative estimate of drug-likeness (QED) is 0.872. The predicted octanol–water partition coefficient (Wildman–Crippen LogP) is 3.79. The van der Waals surface area contributed by atoms with Crippen molar-refractivity contribution in [2.45, 2.75) is 26.4 Å². The average molecular weight is 250 g/mol. The van der Waals surface area contributed by atoms with Crippen molar-refractivity contribution in [2.24, 2.45) is 0 Å². The summed E-state index contributed by atoms with van der Waals surface area (Å²) in [6, 6.07) is 12.3. The van der Waals surface area contributed by atoms with E-state index in [0.29, 0.717) is 11.8 Å². The largest absolute Gasteiger partial charge is 0.448 e. The number of nitrogens with one attached hydrogen (secondary N) is 1. The Morgan fingerprint density at radius 1 is 1.00 bits per heavy atom. The standard InChI is InChI=1S/C14H16ClNO/c1-2-11-3-5-12(6-4-11)9-16-10-13-7-8-14(15)17-13/h3-8,16H,2,9-10H2,1H3. The molecule has 0 aliphatic rings. The summed E-state index contributed by atoms with van der Waals surface area (Å²) < 4.78 is 5.26. The second kappa shape index (κ2) is 5.89. The van der Waals surface area contributed by atoms with E-state index in [-0.39, 0.29) is 0 Å². The zero-order valence-electron chi connectivity index (χ0n) is 9.87. The predicted molar refractivity (Wildman–Crippen MR) is 70.1 cm³/mol. The van der Waals surface area contributed by atoms with E-state index in [4.69, 9.17) is 16.0 Å². The summed E-state index contributed by atoms with van der Waals surface area (Å²) in [6.45, 7) is 3.69. The second-order valence-corrected chi connectivity index (χ2v) is 4.35. The van der Waals surface area contributed by atoms with Gasteiger partial charge in [0.2, 0.25) is 0 Å². The highest BCUT2D eigenvalue weighted by Crippen LogP contribution is 2.13. The number of benzene rings is 1. The Balaban J connectivity index is 1.81. The van der Waals surface area contributed by atoms with Gasteiger partial charge in [-0.25, -0.2) is 0 Å². The van der Waals surface area contributed by atoms with Crippen LogP contribution >= 0.6 is 11.6 Å². The zero-order valence-corrected chi connectivity index (χ0v) is 10.6. The molecule has 0 aliphatic carbocycles. The molecule has 0 atom stereocenters. The van der Waals surface area contributed by atoms with Crippen LogP contribution in [0, 0.1) is 0 Å². The van der Waals surface area contributed by atoms with E-state index >= 15 is 0 Å². The molecule has 0 saturated heterocycles. The van der Waals surface area contributed by atoms with Crippen LogP contribution in [0.1, 0.15) is 23.8 Å². The van der Waals surface area contributed by atoms with Crippen LogP contribution in [0.4, 0.5) is 0 Å². The minimum absolute atomic E-state index is 0.439. The Hall–Kier alpha value is -1.25. The molecular weight excluding hydrogens is 234 g/mol. The molecule has 0 radical (unpaired) electrons. The monoisotopic (exact) mass is 249 g/mol. The van der Waals surface area contributed by atoms with Crippen molar-refractivity contribution < 1.29 is 4.42 Å². The van der Waals surface area contributed by atoms with Crippen molar-refractivity contribution in [3.8, 4) is 0 Å². The number of aryl methyl sites for hydroxylation is 1. The molecular formula is C14H16ClNO. The molecule has 1 aromatic carbocycles. The number of hydrogen-bond donors (Lipinski definition) is 1. The minimum Gasteiger partial charge on any atom is -0.448 e. The minimum atomic E-state index is 0.439. The van der Waals surface area contributed by atoms with E-state index in [9.17, 15) is 0 Å². The fraction of sp³-hybridized carbons (Fsp3) is 0.286. The Bertz CT molecular complexity index is 461. The third kappa shape index (κ3) is 3.62. The van der Waals surface area contributed by atoms with Gasteiger partial charge in [0.15, 0.2) is 5.22 Å². The number of furan rings is 1. The van der Waals surface area contributed by atoms with Gasteiger partial charge < -0.3 is 9.73 Å². The van der Waals surface area contributed by atoms with Gasteiger partial charge in [-0.3, -0.25) is 0 Å². The van der Waals surface area contributed by atoms with Crippen LogP contribution in [-0.4, -0.2) is 0 Å². The van der Waals surface area contributed by atoms with E-state index in [1.54, 1.807) is 6.07 Å². The summed E-state index contributed by atoms with van der Waals surface area (Å²) in [5, 5.41) is 3.76. The van der Waals surface area contributed by atoms with Crippen molar-refractivity contribution in [3.63, 3.8) is 0 Å². The van der Waals surface area contributed by atoms with Gasteiger partial charge in [0, 0.05) is 6.54 Å². The summed E-state index contributed by atoms with van der Waals surface area (Å²) >= 11 is 5.70. The lowest BCUT2D eigenvalue weighted by molar-refractivity contribution is 0.484. The zero-order chi connectivity index (χ0) is 12.1. The number of hydrogen-bond acceptors (Lipinski definition) is 2. The van der Waals surface area contributed by atoms with Gasteiger partial charge in [0.25, 0.3) is 0 Å². The highest BCUT2D eigenvalue weighted by molar-refractivity contribution is 6.28. The normalized spacial score (nSPS) is 10.7. The maximum atomic E-state index is 5.70. The Kier molecular flexibility index (Phi) is 4.24. The first kappa shape index (κ1) is 12.2. The molecule has 90 valence electrons. The van der Waals surface area contributed by atoms with Gasteiger partial charge in [-0.15, -0.1) is 0 Å². The first-order valence-electron chi connectivity index (χ1n) is 5.80. The Morgan fingerprint density at radius 2 is 1.71 bits per heavy atom. The van der Waals surface area contributed by atoms with Crippen molar-refractivity contribution in [1.29, 1.82) is 0 Å². The van der Waals surface area contributed by atoms with Gasteiger partial charge >= 0.3 is 0 Å². The van der Waals surface area contributed by atoms with Crippen LogP contribution in [0.15, 0.2) is 40.8 Å². The van der Waals surface area contributed by atoms with Crippen LogP contribution in [0.25, 0.3) is 0 Å². The summed E-state index contributed by atoms with van der Waals surface area (Å²) in [7, 11) is 0. The summed E-state index contributed by atoms with van der Waals surface area (Å²) in [6.07, 6.45) is 1.08. The van der Waals surface area contributed by atoms with E-state index in [2.05, 4.69) is 36.5 Å². The highest BCUT2D eigenvalue weighted by atomic mass is 35.5. The van der Waals surface area contributed by atoms with Gasteiger partial charge in [0.05, 0.1) is 6.54 Å². The Morgan fingerprint density at radius 3 is 2.29 bits per heavy atom. The molecule has 1 N–H and O–H groups in total. The molecule has 0 saturated carbocycles. The summed E-state index contributed by atoms with van der Waals surface area (Å²) in [5.41, 5.74) is 2.64. The molecule has 2 aromatic rings. The molecule has 0 bridgehead atoms. The third-order valence-electron chi connectivity index (χ3n) is 2.69. The van der Waals surface area contributed by atoms with E-state index in [1.165, 1.54) is 11.1 Å². The smallest absolute Gasteiger partial charge is 0.193 e. The van der Waals surface area contributed by atoms with Crippen LogP contribution < -0.4 is 5.32 Å². The van der Waals surface area contributed by atoms with Gasteiger partial charge in [-0.1, -0.05) is 31.2 Å². The maximum absolute atomic E-state index is 5.70. The van der Waals surface area contributed by atoms with Gasteiger partial charge in [-0.05, 0) is 41.3 Å². The Labute approximate surface area is 107 Å². The van der Waals surface area contributed by atoms with Gasteiger partial charge in [-0.2, -0.15) is 0 Å². The molecule has 0 spiro atoms. The van der Waals surface area contributed by atoms with Gasteiger partial charge in [0.1, 0.15) is 5.76 Å². The molecule has 2 nitrogen and oxygen atoms in total. The van der Waals surface area contributed by atoms with Crippen molar-refractivity contribution in [2.75, 3.05) is 0 Å². The van der Waals surface area contributed by atoms with Crippen LogP contribution in [0.3, 0.4) is 0 Å². The first-order valence-corrected chi connectivity index (χ1v) is 6.18.